The number of ether oxygens (including phenoxy) is 1. The summed E-state index contributed by atoms with van der Waals surface area (Å²) in [6.07, 6.45) is 1.14. The number of methoxy groups -OCH3 is 1. The lowest BCUT2D eigenvalue weighted by molar-refractivity contribution is 0.199. The van der Waals surface area contributed by atoms with Crippen LogP contribution in [0.2, 0.25) is 0 Å². The van der Waals surface area contributed by atoms with Gasteiger partial charge >= 0.3 is 0 Å². The Balaban J connectivity index is 2.20. The summed E-state index contributed by atoms with van der Waals surface area (Å²) in [5, 5.41) is 3.33. The van der Waals surface area contributed by atoms with E-state index in [0.717, 1.165) is 26.1 Å². The summed E-state index contributed by atoms with van der Waals surface area (Å²) in [4.78, 5) is 2.87. The minimum Gasteiger partial charge on any atom is -0.383 e. The zero-order chi connectivity index (χ0) is 9.52. The fourth-order valence-electron chi connectivity index (χ4n) is 1.09. The zero-order valence-corrected chi connectivity index (χ0v) is 9.12. The molecule has 0 atom stereocenters. The van der Waals surface area contributed by atoms with Gasteiger partial charge < -0.3 is 10.1 Å². The van der Waals surface area contributed by atoms with Gasteiger partial charge in [0.25, 0.3) is 0 Å². The average molecular weight is 199 g/mol. The van der Waals surface area contributed by atoms with E-state index in [0.29, 0.717) is 0 Å². The van der Waals surface area contributed by atoms with Crippen molar-refractivity contribution < 1.29 is 4.74 Å². The van der Waals surface area contributed by atoms with Crippen LogP contribution >= 0.6 is 11.3 Å². The monoisotopic (exact) mass is 199 g/mol. The summed E-state index contributed by atoms with van der Waals surface area (Å²) < 4.78 is 4.95. The van der Waals surface area contributed by atoms with Gasteiger partial charge in [0.05, 0.1) is 6.61 Å². The Morgan fingerprint density at radius 3 is 2.77 bits per heavy atom. The van der Waals surface area contributed by atoms with E-state index in [4.69, 9.17) is 4.74 Å². The van der Waals surface area contributed by atoms with E-state index >= 15 is 0 Å². The number of hydrogen-bond acceptors (Lipinski definition) is 3. The predicted octanol–water partition coefficient (Wildman–Crippen LogP) is 2.05. The van der Waals surface area contributed by atoms with Crippen molar-refractivity contribution >= 4 is 11.3 Å². The lowest BCUT2D eigenvalue weighted by Gasteiger charge is -2.00. The Bertz CT molecular complexity index is 235. The number of thiophene rings is 1. The molecule has 0 amide bonds. The van der Waals surface area contributed by atoms with Gasteiger partial charge in [-0.15, -0.1) is 11.3 Å². The third kappa shape index (κ3) is 3.89. The van der Waals surface area contributed by atoms with Crippen LogP contribution in [0.5, 0.6) is 0 Å². The summed E-state index contributed by atoms with van der Waals surface area (Å²) in [6, 6.07) is 4.40. The predicted molar refractivity (Wildman–Crippen MR) is 57.3 cm³/mol. The quantitative estimate of drug-likeness (QED) is 0.708. The third-order valence-electron chi connectivity index (χ3n) is 1.85. The second-order valence-electron chi connectivity index (χ2n) is 2.89. The number of aryl methyl sites for hydroxylation is 1. The van der Waals surface area contributed by atoms with Gasteiger partial charge in [-0.3, -0.25) is 0 Å². The lowest BCUT2D eigenvalue weighted by atomic mass is 10.3. The van der Waals surface area contributed by atoms with Crippen LogP contribution in [0.15, 0.2) is 12.1 Å². The molecule has 1 N–H and O–H groups in total. The molecule has 0 bridgehead atoms. The van der Waals surface area contributed by atoms with Gasteiger partial charge in [-0.25, -0.2) is 0 Å². The van der Waals surface area contributed by atoms with E-state index in [9.17, 15) is 0 Å². The normalized spacial score (nSPS) is 10.6. The molecule has 0 aromatic carbocycles. The van der Waals surface area contributed by atoms with Crippen molar-refractivity contribution in [1.82, 2.24) is 5.32 Å². The van der Waals surface area contributed by atoms with Crippen molar-refractivity contribution in [1.29, 1.82) is 0 Å². The molecule has 1 rings (SSSR count). The molecule has 2 nitrogen and oxygen atoms in total. The smallest absolute Gasteiger partial charge is 0.0587 e. The SMILES string of the molecule is CCc1ccc(CNCCOC)s1. The fourth-order valence-corrected chi connectivity index (χ4v) is 2.02. The molecular formula is C10H17NOS. The molecule has 3 heteroatoms. The molecule has 0 saturated carbocycles. The summed E-state index contributed by atoms with van der Waals surface area (Å²) in [5.41, 5.74) is 0. The molecule has 1 heterocycles. The molecule has 13 heavy (non-hydrogen) atoms. The van der Waals surface area contributed by atoms with Crippen LogP contribution in [-0.4, -0.2) is 20.3 Å². The molecule has 0 aliphatic heterocycles. The standard InChI is InChI=1S/C10H17NOS/c1-3-9-4-5-10(13-9)8-11-6-7-12-2/h4-5,11H,3,6-8H2,1-2H3. The summed E-state index contributed by atoms with van der Waals surface area (Å²) >= 11 is 1.89. The van der Waals surface area contributed by atoms with Crippen molar-refractivity contribution in [3.05, 3.63) is 21.9 Å². The third-order valence-corrected chi connectivity index (χ3v) is 3.08. The van der Waals surface area contributed by atoms with Crippen LogP contribution in [-0.2, 0) is 17.7 Å². The largest absolute Gasteiger partial charge is 0.383 e. The molecule has 0 radical (unpaired) electrons. The van der Waals surface area contributed by atoms with Crippen LogP contribution in [0.4, 0.5) is 0 Å². The van der Waals surface area contributed by atoms with Crippen LogP contribution in [0.3, 0.4) is 0 Å². The van der Waals surface area contributed by atoms with Crippen molar-refractivity contribution in [3.8, 4) is 0 Å². The number of nitrogens with one attached hydrogen (secondary N) is 1. The van der Waals surface area contributed by atoms with Crippen molar-refractivity contribution in [2.24, 2.45) is 0 Å². The highest BCUT2D eigenvalue weighted by Crippen LogP contribution is 2.16. The molecule has 0 aliphatic carbocycles. The average Bonchev–Trinajstić information content (AvgIpc) is 2.60. The Morgan fingerprint density at radius 2 is 2.15 bits per heavy atom. The highest BCUT2D eigenvalue weighted by molar-refractivity contribution is 7.11. The van der Waals surface area contributed by atoms with Crippen molar-refractivity contribution in [2.75, 3.05) is 20.3 Å². The maximum atomic E-state index is 4.95. The summed E-state index contributed by atoms with van der Waals surface area (Å²) in [7, 11) is 1.72. The van der Waals surface area contributed by atoms with E-state index in [1.807, 2.05) is 11.3 Å². The Kier molecular flexibility index (Phi) is 5.05. The van der Waals surface area contributed by atoms with Crippen molar-refractivity contribution in [3.63, 3.8) is 0 Å². The summed E-state index contributed by atoms with van der Waals surface area (Å²) in [5.74, 6) is 0. The molecule has 1 aromatic heterocycles. The molecule has 0 saturated heterocycles. The zero-order valence-electron chi connectivity index (χ0n) is 8.30. The molecular weight excluding hydrogens is 182 g/mol. The van der Waals surface area contributed by atoms with E-state index in [2.05, 4.69) is 24.4 Å². The topological polar surface area (TPSA) is 21.3 Å². The second kappa shape index (κ2) is 6.13. The Morgan fingerprint density at radius 1 is 1.38 bits per heavy atom. The maximum Gasteiger partial charge on any atom is 0.0587 e. The highest BCUT2D eigenvalue weighted by Gasteiger charge is 1.96. The van der Waals surface area contributed by atoms with Gasteiger partial charge in [-0.1, -0.05) is 6.92 Å². The molecule has 1 aromatic rings. The molecule has 0 unspecified atom stereocenters. The second-order valence-corrected chi connectivity index (χ2v) is 4.14. The fraction of sp³-hybridized carbons (Fsp3) is 0.600. The minimum atomic E-state index is 0.784. The minimum absolute atomic E-state index is 0.784. The first kappa shape index (κ1) is 10.7. The molecule has 0 spiro atoms. The molecule has 0 aliphatic rings. The van der Waals surface area contributed by atoms with E-state index in [1.165, 1.54) is 9.75 Å². The molecule has 0 fully saturated rings. The van der Waals surface area contributed by atoms with Crippen LogP contribution in [0.1, 0.15) is 16.7 Å². The van der Waals surface area contributed by atoms with Gasteiger partial charge in [0.2, 0.25) is 0 Å². The first-order valence-corrected chi connectivity index (χ1v) is 5.45. The van der Waals surface area contributed by atoms with Gasteiger partial charge in [-0.05, 0) is 18.6 Å². The van der Waals surface area contributed by atoms with E-state index in [1.54, 1.807) is 7.11 Å². The van der Waals surface area contributed by atoms with Crippen molar-refractivity contribution in [2.45, 2.75) is 19.9 Å². The van der Waals surface area contributed by atoms with E-state index in [-0.39, 0.29) is 0 Å². The van der Waals surface area contributed by atoms with Crippen LogP contribution < -0.4 is 5.32 Å². The van der Waals surface area contributed by atoms with Gasteiger partial charge in [0.15, 0.2) is 0 Å². The number of hydrogen-bond donors (Lipinski definition) is 1. The summed E-state index contributed by atoms with van der Waals surface area (Å²) in [6.45, 7) is 4.86. The van der Waals surface area contributed by atoms with Gasteiger partial charge in [-0.2, -0.15) is 0 Å². The van der Waals surface area contributed by atoms with E-state index < -0.39 is 0 Å². The number of rotatable bonds is 6. The highest BCUT2D eigenvalue weighted by atomic mass is 32.1. The Hall–Kier alpha value is -0.380. The van der Waals surface area contributed by atoms with Gasteiger partial charge in [0, 0.05) is 30.0 Å². The molecule has 74 valence electrons. The first-order valence-electron chi connectivity index (χ1n) is 4.64. The maximum absolute atomic E-state index is 4.95. The first-order chi connectivity index (χ1) is 6.36. The van der Waals surface area contributed by atoms with Crippen LogP contribution in [0.25, 0.3) is 0 Å². The Labute approximate surface area is 83.9 Å². The lowest BCUT2D eigenvalue weighted by Crippen LogP contribution is -2.17. The van der Waals surface area contributed by atoms with Gasteiger partial charge in [0.1, 0.15) is 0 Å². The van der Waals surface area contributed by atoms with Crippen LogP contribution in [0, 0.1) is 0 Å².